The van der Waals surface area contributed by atoms with Crippen molar-refractivity contribution in [3.05, 3.63) is 87.0 Å². The first kappa shape index (κ1) is 20.7. The number of rotatable bonds is 4. The highest BCUT2D eigenvalue weighted by Gasteiger charge is 2.23. The predicted octanol–water partition coefficient (Wildman–Crippen LogP) is 3.12. The van der Waals surface area contributed by atoms with Crippen LogP contribution in [0, 0.1) is 13.8 Å². The number of carbonyl (C=O) groups excluding carboxylic acids is 1. The van der Waals surface area contributed by atoms with Gasteiger partial charge in [0.05, 0.1) is 5.69 Å². The lowest BCUT2D eigenvalue weighted by molar-refractivity contribution is 0.0627. The number of benzene rings is 1. The molecule has 4 aromatic rings. The monoisotopic (exact) mass is 447 g/mol. The van der Waals surface area contributed by atoms with Crippen molar-refractivity contribution < 1.29 is 4.79 Å². The molecule has 8 heteroatoms. The first-order chi connectivity index (χ1) is 15.5. The van der Waals surface area contributed by atoms with Crippen LogP contribution in [-0.2, 0) is 6.54 Å². The summed E-state index contributed by atoms with van der Waals surface area (Å²) in [6, 6.07) is 13.6. The highest BCUT2D eigenvalue weighted by Crippen LogP contribution is 2.18. The third-order valence-corrected chi connectivity index (χ3v) is 6.80. The van der Waals surface area contributed by atoms with Gasteiger partial charge in [-0.1, -0.05) is 0 Å². The molecule has 0 saturated carbocycles. The Labute approximate surface area is 190 Å². The van der Waals surface area contributed by atoms with Crippen LogP contribution < -0.4 is 5.56 Å². The van der Waals surface area contributed by atoms with Crippen LogP contribution in [0.3, 0.4) is 0 Å². The fourth-order valence-corrected chi connectivity index (χ4v) is 5.06. The van der Waals surface area contributed by atoms with Crippen molar-refractivity contribution in [2.24, 2.45) is 0 Å². The molecule has 1 aliphatic heterocycles. The maximum absolute atomic E-state index is 13.0. The quantitative estimate of drug-likeness (QED) is 0.482. The number of thiazole rings is 1. The second-order valence-corrected chi connectivity index (χ2v) is 9.08. The van der Waals surface area contributed by atoms with E-state index >= 15 is 0 Å². The van der Waals surface area contributed by atoms with Crippen LogP contribution in [0.15, 0.2) is 58.8 Å². The third kappa shape index (κ3) is 3.87. The molecule has 0 N–H and O–H groups in total. The van der Waals surface area contributed by atoms with Gasteiger partial charge in [-0.15, -0.1) is 11.3 Å². The largest absolute Gasteiger partial charge is 0.336 e. The normalized spacial score (nSPS) is 14.9. The van der Waals surface area contributed by atoms with E-state index in [2.05, 4.69) is 40.4 Å². The number of carbonyl (C=O) groups is 1. The second kappa shape index (κ2) is 8.37. The van der Waals surface area contributed by atoms with Gasteiger partial charge in [0.25, 0.3) is 11.5 Å². The zero-order valence-electron chi connectivity index (χ0n) is 18.2. The molecule has 164 valence electrons. The van der Waals surface area contributed by atoms with Crippen molar-refractivity contribution in [1.29, 1.82) is 0 Å². The van der Waals surface area contributed by atoms with Crippen LogP contribution >= 0.6 is 11.3 Å². The molecular formula is C24H25N5O2S. The van der Waals surface area contributed by atoms with Crippen molar-refractivity contribution in [3.63, 3.8) is 0 Å². The minimum Gasteiger partial charge on any atom is -0.336 e. The summed E-state index contributed by atoms with van der Waals surface area (Å²) in [6.07, 6.45) is 1.75. The molecule has 0 bridgehead atoms. The van der Waals surface area contributed by atoms with Crippen LogP contribution in [-0.4, -0.2) is 55.8 Å². The van der Waals surface area contributed by atoms with Gasteiger partial charge in [-0.2, -0.15) is 0 Å². The number of amides is 1. The fourth-order valence-electron chi connectivity index (χ4n) is 4.32. The van der Waals surface area contributed by atoms with Crippen LogP contribution in [0.4, 0.5) is 0 Å². The van der Waals surface area contributed by atoms with E-state index in [1.807, 2.05) is 34.5 Å². The molecule has 0 aliphatic carbocycles. The molecule has 3 aromatic heterocycles. The van der Waals surface area contributed by atoms with Gasteiger partial charge in [0, 0.05) is 73.0 Å². The molecule has 1 saturated heterocycles. The summed E-state index contributed by atoms with van der Waals surface area (Å²) >= 11 is 1.46. The summed E-state index contributed by atoms with van der Waals surface area (Å²) in [5.41, 5.74) is 4.86. The smallest absolute Gasteiger partial charge is 0.258 e. The molecular weight excluding hydrogens is 422 g/mol. The number of aryl methyl sites for hydroxylation is 2. The molecule has 1 aromatic carbocycles. The minimum absolute atomic E-state index is 0.0474. The summed E-state index contributed by atoms with van der Waals surface area (Å²) < 4.78 is 3.75. The first-order valence-electron chi connectivity index (χ1n) is 10.7. The average Bonchev–Trinajstić information content (AvgIpc) is 3.40. The highest BCUT2D eigenvalue weighted by molar-refractivity contribution is 7.15. The molecule has 1 fully saturated rings. The van der Waals surface area contributed by atoms with Crippen molar-refractivity contribution in [2.75, 3.05) is 26.2 Å². The zero-order chi connectivity index (χ0) is 22.2. The molecule has 0 radical (unpaired) electrons. The molecule has 0 atom stereocenters. The lowest BCUT2D eigenvalue weighted by atomic mass is 10.1. The molecule has 1 aliphatic rings. The van der Waals surface area contributed by atoms with E-state index in [-0.39, 0.29) is 11.5 Å². The zero-order valence-corrected chi connectivity index (χ0v) is 19.0. The molecule has 0 spiro atoms. The molecule has 32 heavy (non-hydrogen) atoms. The topological polar surface area (TPSA) is 62.9 Å². The Bertz CT molecular complexity index is 1310. The summed E-state index contributed by atoms with van der Waals surface area (Å²) in [4.78, 5) is 34.7. The molecule has 0 unspecified atom stereocenters. The van der Waals surface area contributed by atoms with Gasteiger partial charge in [0.15, 0.2) is 4.96 Å². The predicted molar refractivity (Wildman–Crippen MR) is 126 cm³/mol. The standard InChI is InChI=1S/C24H25N5O2S/c1-17-3-4-18(2)29(17)21-7-5-19(6-8-21)23(31)27-11-9-26(10-12-27)16-20-15-22(30)28-13-14-32-24(28)25-20/h3-8,13-15H,9-12,16H2,1-2H3. The fraction of sp³-hybridized carbons (Fsp3) is 0.292. The van der Waals surface area contributed by atoms with Gasteiger partial charge in [-0.25, -0.2) is 4.98 Å². The second-order valence-electron chi connectivity index (χ2n) is 8.21. The number of nitrogens with zero attached hydrogens (tertiary/aromatic N) is 5. The van der Waals surface area contributed by atoms with Crippen LogP contribution in [0.1, 0.15) is 27.4 Å². The number of piperazine rings is 1. The molecule has 5 rings (SSSR count). The van der Waals surface area contributed by atoms with Crippen molar-refractivity contribution in [2.45, 2.75) is 20.4 Å². The van der Waals surface area contributed by atoms with Gasteiger partial charge in [0.1, 0.15) is 0 Å². The highest BCUT2D eigenvalue weighted by atomic mass is 32.1. The van der Waals surface area contributed by atoms with Crippen LogP contribution in [0.25, 0.3) is 10.6 Å². The van der Waals surface area contributed by atoms with E-state index in [4.69, 9.17) is 0 Å². The van der Waals surface area contributed by atoms with E-state index in [9.17, 15) is 9.59 Å². The Kier molecular flexibility index (Phi) is 5.40. The molecule has 1 amide bonds. The Morgan fingerprint density at radius 2 is 1.69 bits per heavy atom. The van der Waals surface area contributed by atoms with Gasteiger partial charge in [0.2, 0.25) is 0 Å². The molecule has 4 heterocycles. The lowest BCUT2D eigenvalue weighted by Gasteiger charge is -2.34. The van der Waals surface area contributed by atoms with Crippen molar-refractivity contribution >= 4 is 22.2 Å². The van der Waals surface area contributed by atoms with Crippen LogP contribution in [0.5, 0.6) is 0 Å². The summed E-state index contributed by atoms with van der Waals surface area (Å²) in [5.74, 6) is 0.0634. The third-order valence-electron chi connectivity index (χ3n) is 6.04. The Hall–Kier alpha value is -3.23. The molecule has 7 nitrogen and oxygen atoms in total. The van der Waals surface area contributed by atoms with Crippen molar-refractivity contribution in [1.82, 2.24) is 23.8 Å². The SMILES string of the molecule is Cc1ccc(C)n1-c1ccc(C(=O)N2CCN(Cc3cc(=O)n4ccsc4n3)CC2)cc1. The lowest BCUT2D eigenvalue weighted by Crippen LogP contribution is -2.48. The average molecular weight is 448 g/mol. The Balaban J connectivity index is 1.22. The van der Waals surface area contributed by atoms with Gasteiger partial charge in [-0.3, -0.25) is 18.9 Å². The Morgan fingerprint density at radius 1 is 1.00 bits per heavy atom. The van der Waals surface area contributed by atoms with E-state index < -0.39 is 0 Å². The van der Waals surface area contributed by atoms with E-state index in [0.717, 1.165) is 29.4 Å². The number of fused-ring (bicyclic) bond motifs is 1. The van der Waals surface area contributed by atoms with E-state index in [0.29, 0.717) is 25.2 Å². The van der Waals surface area contributed by atoms with Gasteiger partial charge >= 0.3 is 0 Å². The van der Waals surface area contributed by atoms with Gasteiger partial charge < -0.3 is 9.47 Å². The number of hydrogen-bond donors (Lipinski definition) is 0. The summed E-state index contributed by atoms with van der Waals surface area (Å²) in [6.45, 7) is 7.63. The minimum atomic E-state index is -0.0474. The van der Waals surface area contributed by atoms with E-state index in [1.54, 1.807) is 16.7 Å². The number of hydrogen-bond acceptors (Lipinski definition) is 5. The van der Waals surface area contributed by atoms with Crippen LogP contribution in [0.2, 0.25) is 0 Å². The first-order valence-corrected chi connectivity index (χ1v) is 11.6. The maximum Gasteiger partial charge on any atom is 0.258 e. The Morgan fingerprint density at radius 3 is 2.38 bits per heavy atom. The van der Waals surface area contributed by atoms with Crippen molar-refractivity contribution in [3.8, 4) is 5.69 Å². The van der Waals surface area contributed by atoms with Gasteiger partial charge in [-0.05, 0) is 50.2 Å². The number of aromatic nitrogens is 3. The summed E-state index contributed by atoms with van der Waals surface area (Å²) in [7, 11) is 0. The maximum atomic E-state index is 13.0. The van der Waals surface area contributed by atoms with E-state index in [1.165, 1.54) is 22.7 Å². The summed E-state index contributed by atoms with van der Waals surface area (Å²) in [5, 5.41) is 1.87.